The summed E-state index contributed by atoms with van der Waals surface area (Å²) in [7, 11) is 0. The Balaban J connectivity index is 1.44. The van der Waals surface area contributed by atoms with E-state index in [4.69, 9.17) is 4.74 Å². The first kappa shape index (κ1) is 13.6. The highest BCUT2D eigenvalue weighted by atomic mass is 16.5. The summed E-state index contributed by atoms with van der Waals surface area (Å²) in [4.78, 5) is 13.4. The SMILES string of the molecule is CCN(CCOc1ccccc1C=O)CC1CC12CC2. The van der Waals surface area contributed by atoms with E-state index in [2.05, 4.69) is 11.8 Å². The summed E-state index contributed by atoms with van der Waals surface area (Å²) in [5.41, 5.74) is 1.41. The van der Waals surface area contributed by atoms with Gasteiger partial charge in [0.2, 0.25) is 0 Å². The summed E-state index contributed by atoms with van der Waals surface area (Å²) in [6, 6.07) is 7.42. The maximum absolute atomic E-state index is 10.9. The van der Waals surface area contributed by atoms with E-state index in [-0.39, 0.29) is 0 Å². The van der Waals surface area contributed by atoms with Gasteiger partial charge in [-0.15, -0.1) is 0 Å². The molecule has 1 spiro atoms. The fourth-order valence-electron chi connectivity index (χ4n) is 3.15. The number of ether oxygens (including phenoxy) is 1. The summed E-state index contributed by atoms with van der Waals surface area (Å²) in [5, 5.41) is 0. The average Bonchev–Trinajstić information content (AvgIpc) is 3.39. The molecule has 0 radical (unpaired) electrons. The van der Waals surface area contributed by atoms with Crippen LogP contribution in [0.25, 0.3) is 0 Å². The van der Waals surface area contributed by atoms with E-state index in [0.717, 1.165) is 30.7 Å². The van der Waals surface area contributed by atoms with Gasteiger partial charge in [0.25, 0.3) is 0 Å². The fraction of sp³-hybridized carbons (Fsp3) is 0.588. The van der Waals surface area contributed by atoms with E-state index in [1.54, 1.807) is 6.07 Å². The normalized spacial score (nSPS) is 22.0. The number of hydrogen-bond donors (Lipinski definition) is 0. The lowest BCUT2D eigenvalue weighted by molar-refractivity contribution is 0.111. The highest BCUT2D eigenvalue weighted by Gasteiger charge is 2.62. The van der Waals surface area contributed by atoms with Gasteiger partial charge in [-0.1, -0.05) is 19.1 Å². The van der Waals surface area contributed by atoms with Gasteiger partial charge in [0.05, 0.1) is 5.56 Å². The largest absolute Gasteiger partial charge is 0.492 e. The molecular weight excluding hydrogens is 250 g/mol. The number of likely N-dealkylation sites (N-methyl/N-ethyl adjacent to an activating group) is 1. The van der Waals surface area contributed by atoms with Crippen LogP contribution < -0.4 is 4.74 Å². The Bertz CT molecular complexity index is 482. The second-order valence-electron chi connectivity index (χ2n) is 6.16. The molecule has 20 heavy (non-hydrogen) atoms. The van der Waals surface area contributed by atoms with Crippen LogP contribution >= 0.6 is 0 Å². The highest BCUT2D eigenvalue weighted by molar-refractivity contribution is 5.79. The number of hydrogen-bond acceptors (Lipinski definition) is 3. The van der Waals surface area contributed by atoms with Crippen LogP contribution in [0, 0.1) is 11.3 Å². The van der Waals surface area contributed by atoms with Gasteiger partial charge < -0.3 is 4.74 Å². The second-order valence-corrected chi connectivity index (χ2v) is 6.16. The molecule has 1 aromatic rings. The summed E-state index contributed by atoms with van der Waals surface area (Å²) >= 11 is 0. The Morgan fingerprint density at radius 1 is 1.40 bits per heavy atom. The van der Waals surface area contributed by atoms with Gasteiger partial charge in [-0.05, 0) is 49.3 Å². The zero-order valence-corrected chi connectivity index (χ0v) is 12.2. The van der Waals surface area contributed by atoms with Crippen LogP contribution in [0.5, 0.6) is 5.75 Å². The quantitative estimate of drug-likeness (QED) is 0.682. The molecule has 3 rings (SSSR count). The van der Waals surface area contributed by atoms with Gasteiger partial charge in [0.1, 0.15) is 12.4 Å². The molecule has 0 saturated heterocycles. The molecule has 2 aliphatic carbocycles. The molecule has 3 heteroatoms. The van der Waals surface area contributed by atoms with Crippen LogP contribution in [0.4, 0.5) is 0 Å². The van der Waals surface area contributed by atoms with Crippen molar-refractivity contribution in [3.05, 3.63) is 29.8 Å². The summed E-state index contributed by atoms with van der Waals surface area (Å²) in [5.74, 6) is 1.63. The lowest BCUT2D eigenvalue weighted by Gasteiger charge is -2.20. The second kappa shape index (κ2) is 5.57. The minimum atomic E-state index is 0.634. The van der Waals surface area contributed by atoms with E-state index in [0.29, 0.717) is 17.9 Å². The number of para-hydroxylation sites is 1. The highest BCUT2D eigenvalue weighted by Crippen LogP contribution is 2.70. The summed E-state index contributed by atoms with van der Waals surface area (Å²) in [6.07, 6.45) is 5.21. The minimum Gasteiger partial charge on any atom is -0.492 e. The lowest BCUT2D eigenvalue weighted by atomic mass is 10.2. The van der Waals surface area contributed by atoms with Gasteiger partial charge in [-0.3, -0.25) is 9.69 Å². The average molecular weight is 273 g/mol. The summed E-state index contributed by atoms with van der Waals surface area (Å²) in [6.45, 7) is 6.09. The standard InChI is InChI=1S/C17H23NO2/c1-2-18(12-15-11-17(15)7-8-17)9-10-20-16-6-4-3-5-14(16)13-19/h3-6,13,15H,2,7-12H2,1H3. The summed E-state index contributed by atoms with van der Waals surface area (Å²) < 4.78 is 5.76. The predicted octanol–water partition coefficient (Wildman–Crippen LogP) is 3.00. The van der Waals surface area contributed by atoms with Gasteiger partial charge in [-0.25, -0.2) is 0 Å². The molecule has 2 saturated carbocycles. The monoisotopic (exact) mass is 273 g/mol. The maximum Gasteiger partial charge on any atom is 0.153 e. The molecule has 2 fully saturated rings. The zero-order valence-electron chi connectivity index (χ0n) is 12.2. The van der Waals surface area contributed by atoms with Crippen LogP contribution in [0.1, 0.15) is 36.5 Å². The topological polar surface area (TPSA) is 29.5 Å². The van der Waals surface area contributed by atoms with Crippen molar-refractivity contribution < 1.29 is 9.53 Å². The van der Waals surface area contributed by atoms with E-state index in [1.165, 1.54) is 25.8 Å². The van der Waals surface area contributed by atoms with Crippen molar-refractivity contribution in [1.29, 1.82) is 0 Å². The van der Waals surface area contributed by atoms with E-state index < -0.39 is 0 Å². The van der Waals surface area contributed by atoms with Gasteiger partial charge in [0.15, 0.2) is 6.29 Å². The smallest absolute Gasteiger partial charge is 0.153 e. The first-order chi connectivity index (χ1) is 9.77. The van der Waals surface area contributed by atoms with E-state index in [9.17, 15) is 4.79 Å². The first-order valence-electron chi connectivity index (χ1n) is 7.67. The Morgan fingerprint density at radius 2 is 2.20 bits per heavy atom. The third-order valence-corrected chi connectivity index (χ3v) is 4.89. The van der Waals surface area contributed by atoms with Crippen LogP contribution in [0.15, 0.2) is 24.3 Å². The Morgan fingerprint density at radius 3 is 2.85 bits per heavy atom. The van der Waals surface area contributed by atoms with Crippen molar-refractivity contribution in [1.82, 2.24) is 4.90 Å². The van der Waals surface area contributed by atoms with Crippen LogP contribution in [0.3, 0.4) is 0 Å². The van der Waals surface area contributed by atoms with E-state index >= 15 is 0 Å². The molecule has 0 amide bonds. The number of aldehydes is 1. The minimum absolute atomic E-state index is 0.634. The number of rotatable bonds is 8. The molecule has 2 aliphatic rings. The van der Waals surface area contributed by atoms with Gasteiger partial charge in [-0.2, -0.15) is 0 Å². The number of carbonyl (C=O) groups excluding carboxylic acids is 1. The van der Waals surface area contributed by atoms with Crippen molar-refractivity contribution in [3.63, 3.8) is 0 Å². The molecule has 0 aliphatic heterocycles. The van der Waals surface area contributed by atoms with Crippen molar-refractivity contribution in [2.24, 2.45) is 11.3 Å². The van der Waals surface area contributed by atoms with Gasteiger partial charge >= 0.3 is 0 Å². The van der Waals surface area contributed by atoms with Gasteiger partial charge in [0, 0.05) is 13.1 Å². The first-order valence-corrected chi connectivity index (χ1v) is 7.67. The van der Waals surface area contributed by atoms with E-state index in [1.807, 2.05) is 18.2 Å². The Labute approximate surface area is 120 Å². The maximum atomic E-state index is 10.9. The molecule has 1 atom stereocenters. The van der Waals surface area contributed by atoms with Crippen molar-refractivity contribution in [3.8, 4) is 5.75 Å². The molecule has 0 N–H and O–H groups in total. The third kappa shape index (κ3) is 2.88. The predicted molar refractivity (Wildman–Crippen MR) is 79.2 cm³/mol. The Hall–Kier alpha value is -1.35. The molecule has 0 bridgehead atoms. The number of benzene rings is 1. The van der Waals surface area contributed by atoms with Crippen LogP contribution in [0.2, 0.25) is 0 Å². The molecule has 3 nitrogen and oxygen atoms in total. The molecule has 0 heterocycles. The fourth-order valence-corrected chi connectivity index (χ4v) is 3.15. The van der Waals surface area contributed by atoms with Crippen molar-refractivity contribution in [2.45, 2.75) is 26.2 Å². The zero-order chi connectivity index (χ0) is 14.0. The molecular formula is C17H23NO2. The van der Waals surface area contributed by atoms with Crippen molar-refractivity contribution in [2.75, 3.05) is 26.2 Å². The van der Waals surface area contributed by atoms with Crippen LogP contribution in [-0.2, 0) is 0 Å². The lowest BCUT2D eigenvalue weighted by Crippen LogP contribution is -2.30. The third-order valence-electron chi connectivity index (χ3n) is 4.89. The number of carbonyl (C=O) groups is 1. The molecule has 1 unspecified atom stereocenters. The van der Waals surface area contributed by atoms with Crippen LogP contribution in [-0.4, -0.2) is 37.4 Å². The Kier molecular flexibility index (Phi) is 3.79. The number of nitrogens with zero attached hydrogens (tertiary/aromatic N) is 1. The molecule has 0 aromatic heterocycles. The molecule has 108 valence electrons. The van der Waals surface area contributed by atoms with Crippen molar-refractivity contribution >= 4 is 6.29 Å². The molecule has 1 aromatic carbocycles.